The van der Waals surface area contributed by atoms with Crippen LogP contribution in [0.1, 0.15) is 17.0 Å². The van der Waals surface area contributed by atoms with Gasteiger partial charge >= 0.3 is 0 Å². The van der Waals surface area contributed by atoms with Crippen LogP contribution in [0.3, 0.4) is 0 Å². The van der Waals surface area contributed by atoms with Gasteiger partial charge in [0.1, 0.15) is 12.0 Å². The average Bonchev–Trinajstić information content (AvgIpc) is 3.16. The summed E-state index contributed by atoms with van der Waals surface area (Å²) in [6, 6.07) is 5.56. The smallest absolute Gasteiger partial charge is 0.220 e. The Balaban J connectivity index is 1.53. The van der Waals surface area contributed by atoms with Gasteiger partial charge in [-0.3, -0.25) is 9.98 Å². The van der Waals surface area contributed by atoms with Crippen LogP contribution in [0.15, 0.2) is 40.2 Å². The molecule has 0 aromatic carbocycles. The summed E-state index contributed by atoms with van der Waals surface area (Å²) in [4.78, 5) is 10.7. The molecule has 0 atom stereocenters. The molecule has 2 aromatic rings. The molecule has 1 aliphatic heterocycles. The number of pyridine rings is 1. The molecule has 9 nitrogen and oxygen atoms in total. The van der Waals surface area contributed by atoms with E-state index in [4.69, 9.17) is 4.52 Å². The second kappa shape index (κ2) is 8.49. The van der Waals surface area contributed by atoms with Gasteiger partial charge in [0.2, 0.25) is 10.0 Å². The normalized spacial score (nSPS) is 16.5. The highest BCUT2D eigenvalue weighted by Gasteiger charge is 2.28. The van der Waals surface area contributed by atoms with Gasteiger partial charge in [0.15, 0.2) is 5.96 Å². The Morgan fingerprint density at radius 3 is 2.63 bits per heavy atom. The van der Waals surface area contributed by atoms with Crippen LogP contribution in [0, 0.1) is 6.92 Å². The molecule has 0 amide bonds. The highest BCUT2D eigenvalue weighted by Crippen LogP contribution is 2.13. The van der Waals surface area contributed by atoms with E-state index >= 15 is 0 Å². The first-order valence-electron chi connectivity index (χ1n) is 8.72. The monoisotopic (exact) mass is 392 g/mol. The number of nitrogens with one attached hydrogen (secondary N) is 1. The Bertz CT molecular complexity index is 857. The van der Waals surface area contributed by atoms with E-state index in [9.17, 15) is 8.42 Å². The lowest BCUT2D eigenvalue weighted by Crippen LogP contribution is -2.53. The van der Waals surface area contributed by atoms with Crippen LogP contribution in [-0.4, -0.2) is 66.9 Å². The zero-order valence-electron chi connectivity index (χ0n) is 15.5. The van der Waals surface area contributed by atoms with E-state index in [1.54, 1.807) is 13.1 Å². The first kappa shape index (κ1) is 19.3. The highest BCUT2D eigenvalue weighted by molar-refractivity contribution is 7.88. The number of guanidine groups is 1. The predicted octanol–water partition coefficient (Wildman–Crippen LogP) is 0.601. The van der Waals surface area contributed by atoms with Crippen molar-refractivity contribution in [3.05, 3.63) is 47.6 Å². The van der Waals surface area contributed by atoms with Crippen molar-refractivity contribution >= 4 is 16.0 Å². The largest absolute Gasteiger partial charge is 0.364 e. The summed E-state index contributed by atoms with van der Waals surface area (Å²) in [5.74, 6) is 0.612. The van der Waals surface area contributed by atoms with Crippen LogP contribution in [0.25, 0.3) is 0 Å². The summed E-state index contributed by atoms with van der Waals surface area (Å²) < 4.78 is 31.2. The van der Waals surface area contributed by atoms with Crippen molar-refractivity contribution < 1.29 is 12.9 Å². The SMILES string of the molecule is CN=C(NCc1ccc(C)nc1)N1CCN(S(=O)(=O)Cc2ccon2)CC1. The van der Waals surface area contributed by atoms with E-state index in [-0.39, 0.29) is 5.75 Å². The second-order valence-electron chi connectivity index (χ2n) is 6.34. The van der Waals surface area contributed by atoms with E-state index in [0.29, 0.717) is 38.4 Å². The summed E-state index contributed by atoms with van der Waals surface area (Å²) >= 11 is 0. The maximum absolute atomic E-state index is 12.5. The third kappa shape index (κ3) is 5.04. The lowest BCUT2D eigenvalue weighted by Gasteiger charge is -2.35. The van der Waals surface area contributed by atoms with E-state index in [1.807, 2.05) is 25.3 Å². The number of hydrogen-bond donors (Lipinski definition) is 1. The summed E-state index contributed by atoms with van der Waals surface area (Å²) in [5, 5.41) is 7.00. The van der Waals surface area contributed by atoms with E-state index in [1.165, 1.54) is 10.6 Å². The number of rotatable bonds is 5. The number of hydrogen-bond acceptors (Lipinski definition) is 6. The lowest BCUT2D eigenvalue weighted by atomic mass is 10.2. The number of aryl methyl sites for hydroxylation is 1. The Hall–Kier alpha value is -2.46. The van der Waals surface area contributed by atoms with E-state index in [2.05, 4.69) is 25.3 Å². The van der Waals surface area contributed by atoms with Gasteiger partial charge in [-0.05, 0) is 18.6 Å². The molecule has 27 heavy (non-hydrogen) atoms. The van der Waals surface area contributed by atoms with Gasteiger partial charge in [-0.15, -0.1) is 0 Å². The molecule has 3 heterocycles. The van der Waals surface area contributed by atoms with Crippen molar-refractivity contribution in [3.8, 4) is 0 Å². The van der Waals surface area contributed by atoms with E-state index in [0.717, 1.165) is 17.2 Å². The van der Waals surface area contributed by atoms with Gasteiger partial charge in [0.25, 0.3) is 0 Å². The second-order valence-corrected chi connectivity index (χ2v) is 8.31. The topological polar surface area (TPSA) is 104 Å². The van der Waals surface area contributed by atoms with Gasteiger partial charge in [0.05, 0.1) is 5.69 Å². The number of nitrogens with zero attached hydrogens (tertiary/aromatic N) is 5. The fourth-order valence-electron chi connectivity index (χ4n) is 2.88. The molecule has 0 bridgehead atoms. The lowest BCUT2D eigenvalue weighted by molar-refractivity contribution is 0.259. The summed E-state index contributed by atoms with van der Waals surface area (Å²) in [6.45, 7) is 4.53. The third-order valence-corrected chi connectivity index (χ3v) is 6.20. The van der Waals surface area contributed by atoms with Gasteiger partial charge < -0.3 is 14.7 Å². The Morgan fingerprint density at radius 1 is 1.26 bits per heavy atom. The van der Waals surface area contributed by atoms with Crippen molar-refractivity contribution in [3.63, 3.8) is 0 Å². The van der Waals surface area contributed by atoms with Gasteiger partial charge in [-0.1, -0.05) is 11.2 Å². The molecular formula is C17H24N6O3S. The van der Waals surface area contributed by atoms with Crippen molar-refractivity contribution in [1.82, 2.24) is 24.7 Å². The third-order valence-electron chi connectivity index (χ3n) is 4.39. The first-order valence-corrected chi connectivity index (χ1v) is 10.3. The fraction of sp³-hybridized carbons (Fsp3) is 0.471. The maximum Gasteiger partial charge on any atom is 0.220 e. The number of aliphatic imine (C=N–C) groups is 1. The molecule has 0 unspecified atom stereocenters. The molecule has 0 spiro atoms. The number of aromatic nitrogens is 2. The molecule has 0 radical (unpaired) electrons. The maximum atomic E-state index is 12.5. The highest BCUT2D eigenvalue weighted by atomic mass is 32.2. The standard InChI is InChI=1S/C17H24N6O3S/c1-14-3-4-15(11-19-14)12-20-17(18-2)22-6-8-23(9-7-22)27(24,25)13-16-5-10-26-21-16/h3-5,10-11H,6-9,12-13H2,1-2H3,(H,18,20). The number of piperazine rings is 1. The zero-order valence-corrected chi connectivity index (χ0v) is 16.3. The van der Waals surface area contributed by atoms with Crippen LogP contribution < -0.4 is 5.32 Å². The fourth-order valence-corrected chi connectivity index (χ4v) is 4.31. The van der Waals surface area contributed by atoms with Crippen LogP contribution in [0.2, 0.25) is 0 Å². The molecule has 146 valence electrons. The molecule has 10 heteroatoms. The van der Waals surface area contributed by atoms with Crippen LogP contribution in [0.5, 0.6) is 0 Å². The molecule has 1 N–H and O–H groups in total. The molecule has 3 rings (SSSR count). The minimum Gasteiger partial charge on any atom is -0.364 e. The molecule has 0 saturated carbocycles. The first-order chi connectivity index (χ1) is 13.0. The zero-order chi connectivity index (χ0) is 19.3. The molecule has 2 aromatic heterocycles. The predicted molar refractivity (Wildman–Crippen MR) is 101 cm³/mol. The minimum absolute atomic E-state index is 0.142. The van der Waals surface area contributed by atoms with Crippen molar-refractivity contribution in [1.29, 1.82) is 0 Å². The van der Waals surface area contributed by atoms with Crippen LogP contribution >= 0.6 is 0 Å². The van der Waals surface area contributed by atoms with Gasteiger partial charge in [-0.2, -0.15) is 4.31 Å². The molecule has 0 aliphatic carbocycles. The number of sulfonamides is 1. The van der Waals surface area contributed by atoms with Crippen molar-refractivity contribution in [2.24, 2.45) is 4.99 Å². The molecular weight excluding hydrogens is 368 g/mol. The van der Waals surface area contributed by atoms with Crippen molar-refractivity contribution in [2.45, 2.75) is 19.2 Å². The van der Waals surface area contributed by atoms with Crippen molar-refractivity contribution in [2.75, 3.05) is 33.2 Å². The minimum atomic E-state index is -3.41. The molecule has 1 fully saturated rings. The quantitative estimate of drug-likeness (QED) is 0.587. The Morgan fingerprint density at radius 2 is 2.04 bits per heavy atom. The molecule has 1 saturated heterocycles. The summed E-state index contributed by atoms with van der Waals surface area (Å²) in [6.07, 6.45) is 3.21. The summed E-state index contributed by atoms with van der Waals surface area (Å²) in [7, 11) is -1.68. The van der Waals surface area contributed by atoms with Crippen LogP contribution in [-0.2, 0) is 22.3 Å². The average molecular weight is 392 g/mol. The summed E-state index contributed by atoms with van der Waals surface area (Å²) in [5.41, 5.74) is 2.46. The Kier molecular flexibility index (Phi) is 6.07. The van der Waals surface area contributed by atoms with Gasteiger partial charge in [-0.25, -0.2) is 8.42 Å². The van der Waals surface area contributed by atoms with Gasteiger partial charge in [0, 0.05) is 57.7 Å². The molecule has 1 aliphatic rings. The van der Waals surface area contributed by atoms with E-state index < -0.39 is 10.0 Å². The Labute approximate surface area is 159 Å². The van der Waals surface area contributed by atoms with Crippen LogP contribution in [0.4, 0.5) is 0 Å².